The lowest BCUT2D eigenvalue weighted by Crippen LogP contribution is -2.36. The van der Waals surface area contributed by atoms with Crippen molar-refractivity contribution in [2.24, 2.45) is 5.92 Å². The molecule has 2 aliphatic rings. The summed E-state index contributed by atoms with van der Waals surface area (Å²) in [6, 6.07) is 10.8. The number of aliphatic hydroxyl groups is 1. The van der Waals surface area contributed by atoms with Crippen molar-refractivity contribution in [2.75, 3.05) is 6.54 Å². The Hall–Kier alpha value is -0.860. The van der Waals surface area contributed by atoms with Crippen molar-refractivity contribution in [3.63, 3.8) is 0 Å². The number of hydrogen-bond acceptors (Lipinski definition) is 2. The van der Waals surface area contributed by atoms with Gasteiger partial charge in [0.15, 0.2) is 0 Å². The third-order valence-electron chi connectivity index (χ3n) is 4.07. The molecule has 15 heavy (non-hydrogen) atoms. The van der Waals surface area contributed by atoms with E-state index in [4.69, 9.17) is 0 Å². The van der Waals surface area contributed by atoms with Crippen molar-refractivity contribution in [2.45, 2.75) is 31.5 Å². The number of likely N-dealkylation sites (tertiary alicyclic amines) is 1. The molecule has 1 aromatic rings. The Labute approximate surface area is 90.5 Å². The summed E-state index contributed by atoms with van der Waals surface area (Å²) in [5, 5.41) is 10.1. The second-order valence-electron chi connectivity index (χ2n) is 4.98. The van der Waals surface area contributed by atoms with Crippen LogP contribution in [0.15, 0.2) is 30.3 Å². The highest BCUT2D eigenvalue weighted by Crippen LogP contribution is 2.53. The Bertz CT molecular complexity index is 364. The van der Waals surface area contributed by atoms with Crippen LogP contribution in [0, 0.1) is 5.92 Å². The van der Waals surface area contributed by atoms with E-state index in [-0.39, 0.29) is 5.60 Å². The zero-order valence-corrected chi connectivity index (χ0v) is 9.06. The van der Waals surface area contributed by atoms with Crippen molar-refractivity contribution in [1.29, 1.82) is 0 Å². The summed E-state index contributed by atoms with van der Waals surface area (Å²) in [6.45, 7) is 4.18. The molecular weight excluding hydrogens is 186 g/mol. The number of fused-ring (bicyclic) bond motifs is 1. The number of benzene rings is 1. The number of hydrogen-bond donors (Lipinski definition) is 1. The highest BCUT2D eigenvalue weighted by Gasteiger charge is 2.63. The summed E-state index contributed by atoms with van der Waals surface area (Å²) in [6.07, 6.45) is 1.01. The van der Waals surface area contributed by atoms with Gasteiger partial charge in [-0.05, 0) is 18.9 Å². The molecule has 0 bridgehead atoms. The van der Waals surface area contributed by atoms with Gasteiger partial charge in [0.05, 0.1) is 5.60 Å². The molecule has 2 nitrogen and oxygen atoms in total. The number of nitrogens with zero attached hydrogens (tertiary/aromatic N) is 1. The molecule has 1 aromatic carbocycles. The van der Waals surface area contributed by atoms with Gasteiger partial charge in [-0.1, -0.05) is 30.3 Å². The maximum absolute atomic E-state index is 10.1. The normalized spacial score (nSPS) is 39.1. The second kappa shape index (κ2) is 3.06. The molecule has 1 aliphatic carbocycles. The minimum absolute atomic E-state index is 0.322. The predicted octanol–water partition coefficient (Wildman–Crippen LogP) is 1.64. The van der Waals surface area contributed by atoms with E-state index < -0.39 is 0 Å². The van der Waals surface area contributed by atoms with Crippen molar-refractivity contribution >= 4 is 0 Å². The van der Waals surface area contributed by atoms with Crippen LogP contribution in [-0.2, 0) is 6.54 Å². The first-order chi connectivity index (χ1) is 7.20. The number of piperidine rings is 1. The van der Waals surface area contributed by atoms with Crippen LogP contribution in [-0.4, -0.2) is 28.2 Å². The Morgan fingerprint density at radius 2 is 2.13 bits per heavy atom. The van der Waals surface area contributed by atoms with E-state index in [2.05, 4.69) is 36.1 Å². The maximum Gasteiger partial charge on any atom is 0.0845 e. The first-order valence-corrected chi connectivity index (χ1v) is 5.70. The lowest BCUT2D eigenvalue weighted by molar-refractivity contribution is 0.0746. The smallest absolute Gasteiger partial charge is 0.0845 e. The topological polar surface area (TPSA) is 23.5 Å². The summed E-state index contributed by atoms with van der Waals surface area (Å²) < 4.78 is 0. The second-order valence-corrected chi connectivity index (χ2v) is 4.98. The van der Waals surface area contributed by atoms with Crippen molar-refractivity contribution < 1.29 is 5.11 Å². The Kier molecular flexibility index (Phi) is 1.91. The summed E-state index contributed by atoms with van der Waals surface area (Å²) in [4.78, 5) is 2.39. The van der Waals surface area contributed by atoms with E-state index in [0.29, 0.717) is 12.0 Å². The van der Waals surface area contributed by atoms with Gasteiger partial charge in [0.25, 0.3) is 0 Å². The largest absolute Gasteiger partial charge is 0.388 e. The van der Waals surface area contributed by atoms with E-state index in [1.807, 2.05) is 6.07 Å². The van der Waals surface area contributed by atoms with Crippen LogP contribution < -0.4 is 0 Å². The first kappa shape index (κ1) is 9.37. The van der Waals surface area contributed by atoms with Gasteiger partial charge in [-0.15, -0.1) is 0 Å². The zero-order valence-electron chi connectivity index (χ0n) is 9.06. The van der Waals surface area contributed by atoms with Crippen LogP contribution in [0.4, 0.5) is 0 Å². The van der Waals surface area contributed by atoms with Gasteiger partial charge >= 0.3 is 0 Å². The minimum Gasteiger partial charge on any atom is -0.388 e. The molecule has 0 amide bonds. The van der Waals surface area contributed by atoms with Crippen LogP contribution >= 0.6 is 0 Å². The van der Waals surface area contributed by atoms with Crippen LogP contribution in [0.25, 0.3) is 0 Å². The van der Waals surface area contributed by atoms with Crippen molar-refractivity contribution in [1.82, 2.24) is 4.90 Å². The van der Waals surface area contributed by atoms with Crippen molar-refractivity contribution in [3.8, 4) is 0 Å². The fourth-order valence-electron chi connectivity index (χ4n) is 2.85. The molecule has 0 aromatic heterocycles. The van der Waals surface area contributed by atoms with Gasteiger partial charge in [0, 0.05) is 25.0 Å². The van der Waals surface area contributed by atoms with Crippen LogP contribution in [0.3, 0.4) is 0 Å². The molecule has 3 unspecified atom stereocenters. The number of rotatable bonds is 2. The monoisotopic (exact) mass is 203 g/mol. The van der Waals surface area contributed by atoms with Gasteiger partial charge in [-0.2, -0.15) is 0 Å². The maximum atomic E-state index is 10.1. The van der Waals surface area contributed by atoms with E-state index in [1.165, 1.54) is 5.56 Å². The molecule has 1 N–H and O–H groups in total. The fraction of sp³-hybridized carbons (Fsp3) is 0.538. The molecule has 1 heterocycles. The molecule has 2 fully saturated rings. The summed E-state index contributed by atoms with van der Waals surface area (Å²) in [5.74, 6) is 0.538. The van der Waals surface area contributed by atoms with E-state index in [1.54, 1.807) is 0 Å². The van der Waals surface area contributed by atoms with Gasteiger partial charge in [0.2, 0.25) is 0 Å². The summed E-state index contributed by atoms with van der Waals surface area (Å²) in [5.41, 5.74) is 0.989. The average molecular weight is 203 g/mol. The lowest BCUT2D eigenvalue weighted by Gasteiger charge is -2.26. The summed E-state index contributed by atoms with van der Waals surface area (Å²) in [7, 11) is 0. The molecule has 80 valence electrons. The Morgan fingerprint density at radius 3 is 2.73 bits per heavy atom. The molecule has 3 atom stereocenters. The molecule has 3 rings (SSSR count). The Balaban J connectivity index is 1.71. The first-order valence-electron chi connectivity index (χ1n) is 5.70. The van der Waals surface area contributed by atoms with Crippen LogP contribution in [0.2, 0.25) is 0 Å². The highest BCUT2D eigenvalue weighted by molar-refractivity contribution is 5.20. The quantitative estimate of drug-likeness (QED) is 0.790. The standard InChI is InChI=1S/C13H17NO/c1-10-13(15)7-12(13)9-14(10)8-11-5-3-2-4-6-11/h2-6,10,12,15H,7-9H2,1H3. The van der Waals surface area contributed by atoms with Gasteiger partial charge in [-0.25, -0.2) is 0 Å². The molecular formula is C13H17NO. The summed E-state index contributed by atoms with van der Waals surface area (Å²) >= 11 is 0. The predicted molar refractivity (Wildman–Crippen MR) is 59.4 cm³/mol. The fourth-order valence-corrected chi connectivity index (χ4v) is 2.85. The van der Waals surface area contributed by atoms with Gasteiger partial charge in [0.1, 0.15) is 0 Å². The molecule has 1 aliphatic heterocycles. The third-order valence-corrected chi connectivity index (χ3v) is 4.07. The van der Waals surface area contributed by atoms with E-state index in [9.17, 15) is 5.11 Å². The van der Waals surface area contributed by atoms with Crippen LogP contribution in [0.1, 0.15) is 18.9 Å². The van der Waals surface area contributed by atoms with E-state index in [0.717, 1.165) is 19.5 Å². The van der Waals surface area contributed by atoms with Gasteiger partial charge in [-0.3, -0.25) is 4.90 Å². The van der Waals surface area contributed by atoms with Crippen molar-refractivity contribution in [3.05, 3.63) is 35.9 Å². The molecule has 1 saturated carbocycles. The molecule has 0 radical (unpaired) electrons. The average Bonchev–Trinajstić information content (AvgIpc) is 2.84. The third kappa shape index (κ3) is 1.40. The SMILES string of the molecule is CC1N(Cc2ccccc2)CC2CC21O. The van der Waals surface area contributed by atoms with E-state index >= 15 is 0 Å². The Morgan fingerprint density at radius 1 is 1.40 bits per heavy atom. The molecule has 2 heteroatoms. The zero-order chi connectivity index (χ0) is 10.5. The van der Waals surface area contributed by atoms with Crippen LogP contribution in [0.5, 0.6) is 0 Å². The molecule has 0 spiro atoms. The lowest BCUT2D eigenvalue weighted by atomic mass is 10.1. The van der Waals surface area contributed by atoms with Gasteiger partial charge < -0.3 is 5.11 Å². The molecule has 1 saturated heterocycles. The minimum atomic E-state index is -0.352. The highest BCUT2D eigenvalue weighted by atomic mass is 16.3.